The Morgan fingerprint density at radius 1 is 1.35 bits per heavy atom. The fourth-order valence-corrected chi connectivity index (χ4v) is 1.58. The lowest BCUT2D eigenvalue weighted by atomic mass is 10.2. The highest BCUT2D eigenvalue weighted by Gasteiger charge is 2.17. The third-order valence-electron chi connectivity index (χ3n) is 2.41. The second kappa shape index (κ2) is 4.75. The van der Waals surface area contributed by atoms with Gasteiger partial charge in [-0.3, -0.25) is 0 Å². The van der Waals surface area contributed by atoms with Gasteiger partial charge in [-0.2, -0.15) is 0 Å². The number of carboxylic acids is 1. The predicted octanol–water partition coefficient (Wildman–Crippen LogP) is 0.483. The molecular weight excluding hydrogens is 220 g/mol. The molecule has 0 fully saturated rings. The number of rotatable bonds is 4. The molecule has 0 unspecified atom stereocenters. The van der Waals surface area contributed by atoms with Crippen LogP contribution in [0, 0.1) is 0 Å². The number of aromatic carboxylic acids is 1. The van der Waals surface area contributed by atoms with Gasteiger partial charge in [0, 0.05) is 6.54 Å². The van der Waals surface area contributed by atoms with Crippen LogP contribution < -0.4 is 5.73 Å². The van der Waals surface area contributed by atoms with E-state index in [1.807, 2.05) is 30.3 Å². The molecule has 1 aromatic carbocycles. The Balaban J connectivity index is 2.31. The summed E-state index contributed by atoms with van der Waals surface area (Å²) in [7, 11) is 0. The van der Waals surface area contributed by atoms with Crippen molar-refractivity contribution in [1.82, 2.24) is 15.0 Å². The molecule has 1 aromatic heterocycles. The Hall–Kier alpha value is -2.21. The van der Waals surface area contributed by atoms with Crippen molar-refractivity contribution in [3.63, 3.8) is 0 Å². The van der Waals surface area contributed by atoms with Crippen LogP contribution in [0.15, 0.2) is 30.3 Å². The fourth-order valence-electron chi connectivity index (χ4n) is 1.58. The number of nitrogens with two attached hydrogens (primary N) is 1. The topological polar surface area (TPSA) is 94.0 Å². The average Bonchev–Trinajstić information content (AvgIpc) is 2.73. The number of nitrogens with zero attached hydrogens (tertiary/aromatic N) is 3. The predicted molar refractivity (Wildman–Crippen MR) is 60.4 cm³/mol. The monoisotopic (exact) mass is 232 g/mol. The van der Waals surface area contributed by atoms with Crippen molar-refractivity contribution in [3.05, 3.63) is 47.3 Å². The maximum atomic E-state index is 10.9. The van der Waals surface area contributed by atoms with Crippen molar-refractivity contribution in [2.24, 2.45) is 5.73 Å². The largest absolute Gasteiger partial charge is 0.476 e. The van der Waals surface area contributed by atoms with Crippen molar-refractivity contribution in [2.75, 3.05) is 0 Å². The first kappa shape index (κ1) is 11.3. The lowest BCUT2D eigenvalue weighted by Gasteiger charge is -2.04. The van der Waals surface area contributed by atoms with Gasteiger partial charge in [-0.25, -0.2) is 9.48 Å². The average molecular weight is 232 g/mol. The zero-order valence-electron chi connectivity index (χ0n) is 9.08. The summed E-state index contributed by atoms with van der Waals surface area (Å²) in [5.74, 6) is -1.11. The van der Waals surface area contributed by atoms with Gasteiger partial charge in [0.15, 0.2) is 5.69 Å². The van der Waals surface area contributed by atoms with Crippen LogP contribution in [-0.2, 0) is 13.1 Å². The summed E-state index contributed by atoms with van der Waals surface area (Å²) < 4.78 is 1.51. The van der Waals surface area contributed by atoms with E-state index in [2.05, 4.69) is 10.3 Å². The Labute approximate surface area is 97.7 Å². The summed E-state index contributed by atoms with van der Waals surface area (Å²) >= 11 is 0. The van der Waals surface area contributed by atoms with Crippen LogP contribution in [0.3, 0.4) is 0 Å². The van der Waals surface area contributed by atoms with Crippen molar-refractivity contribution in [3.8, 4) is 0 Å². The molecule has 6 heteroatoms. The second-order valence-electron chi connectivity index (χ2n) is 3.54. The molecule has 0 saturated heterocycles. The molecule has 0 saturated carbocycles. The molecular formula is C11H12N4O2. The van der Waals surface area contributed by atoms with Gasteiger partial charge in [0.2, 0.25) is 0 Å². The Bertz CT molecular complexity index is 522. The molecule has 0 amide bonds. The fraction of sp³-hybridized carbons (Fsp3) is 0.182. The minimum atomic E-state index is -1.11. The van der Waals surface area contributed by atoms with Crippen LogP contribution in [0.1, 0.15) is 21.7 Å². The van der Waals surface area contributed by atoms with Crippen LogP contribution in [0.5, 0.6) is 0 Å². The van der Waals surface area contributed by atoms with Gasteiger partial charge in [0.25, 0.3) is 0 Å². The number of hydrogen-bond donors (Lipinski definition) is 2. The van der Waals surface area contributed by atoms with Gasteiger partial charge in [-0.1, -0.05) is 35.5 Å². The first-order chi connectivity index (χ1) is 8.22. The first-order valence-corrected chi connectivity index (χ1v) is 5.12. The highest BCUT2D eigenvalue weighted by atomic mass is 16.4. The SMILES string of the molecule is NCc1c(C(=O)O)nnn1Cc1ccccc1. The van der Waals surface area contributed by atoms with Crippen molar-refractivity contribution in [2.45, 2.75) is 13.1 Å². The number of aromatic nitrogens is 3. The summed E-state index contributed by atoms with van der Waals surface area (Å²) in [5.41, 5.74) is 6.89. The maximum absolute atomic E-state index is 10.9. The summed E-state index contributed by atoms with van der Waals surface area (Å²) in [4.78, 5) is 10.9. The van der Waals surface area contributed by atoms with Gasteiger partial charge < -0.3 is 10.8 Å². The van der Waals surface area contributed by atoms with E-state index in [-0.39, 0.29) is 12.2 Å². The molecule has 3 N–H and O–H groups in total. The summed E-state index contributed by atoms with van der Waals surface area (Å²) in [6.45, 7) is 0.565. The van der Waals surface area contributed by atoms with Gasteiger partial charge in [-0.05, 0) is 5.56 Å². The summed E-state index contributed by atoms with van der Waals surface area (Å²) in [5, 5.41) is 16.3. The third-order valence-corrected chi connectivity index (χ3v) is 2.41. The van der Waals surface area contributed by atoms with Gasteiger partial charge in [0.1, 0.15) is 0 Å². The number of hydrogen-bond acceptors (Lipinski definition) is 4. The lowest BCUT2D eigenvalue weighted by molar-refractivity contribution is 0.0689. The Kier molecular flexibility index (Phi) is 3.15. The molecule has 0 aliphatic rings. The van der Waals surface area contributed by atoms with E-state index in [9.17, 15) is 4.79 Å². The normalized spacial score (nSPS) is 10.4. The van der Waals surface area contributed by atoms with E-state index in [0.29, 0.717) is 12.2 Å². The van der Waals surface area contributed by atoms with E-state index in [0.717, 1.165) is 5.56 Å². The summed E-state index contributed by atoms with van der Waals surface area (Å²) in [6, 6.07) is 9.60. The molecule has 0 aliphatic carbocycles. The first-order valence-electron chi connectivity index (χ1n) is 5.12. The third kappa shape index (κ3) is 2.31. The molecule has 0 spiro atoms. The number of carbonyl (C=O) groups is 1. The van der Waals surface area contributed by atoms with Crippen LogP contribution in [0.2, 0.25) is 0 Å². The van der Waals surface area contributed by atoms with Crippen LogP contribution in [0.25, 0.3) is 0 Å². The smallest absolute Gasteiger partial charge is 0.358 e. The zero-order chi connectivity index (χ0) is 12.3. The van der Waals surface area contributed by atoms with E-state index < -0.39 is 5.97 Å². The van der Waals surface area contributed by atoms with Gasteiger partial charge >= 0.3 is 5.97 Å². The minimum Gasteiger partial charge on any atom is -0.476 e. The molecule has 0 bridgehead atoms. The van der Waals surface area contributed by atoms with E-state index in [1.54, 1.807) is 0 Å². The highest BCUT2D eigenvalue weighted by molar-refractivity contribution is 5.86. The second-order valence-corrected chi connectivity index (χ2v) is 3.54. The molecule has 1 heterocycles. The minimum absolute atomic E-state index is 0.0802. The van der Waals surface area contributed by atoms with E-state index in [1.165, 1.54) is 4.68 Å². The van der Waals surface area contributed by atoms with Crippen molar-refractivity contribution >= 4 is 5.97 Å². The standard InChI is InChI=1S/C11H12N4O2/c12-6-9-10(11(16)17)13-14-15(9)7-8-4-2-1-3-5-8/h1-5H,6-7,12H2,(H,16,17). The highest BCUT2D eigenvalue weighted by Crippen LogP contribution is 2.08. The molecule has 6 nitrogen and oxygen atoms in total. The molecule has 0 aliphatic heterocycles. The molecule has 2 aromatic rings. The Morgan fingerprint density at radius 2 is 2.06 bits per heavy atom. The van der Waals surface area contributed by atoms with E-state index in [4.69, 9.17) is 10.8 Å². The lowest BCUT2D eigenvalue weighted by Crippen LogP contribution is -2.13. The molecule has 0 atom stereocenters. The van der Waals surface area contributed by atoms with Crippen molar-refractivity contribution in [1.29, 1.82) is 0 Å². The molecule has 88 valence electrons. The van der Waals surface area contributed by atoms with Crippen LogP contribution in [0.4, 0.5) is 0 Å². The van der Waals surface area contributed by atoms with Gasteiger partial charge in [0.05, 0.1) is 12.2 Å². The maximum Gasteiger partial charge on any atom is 0.358 e. The molecule has 2 rings (SSSR count). The summed E-state index contributed by atoms with van der Waals surface area (Å²) in [6.07, 6.45) is 0. The van der Waals surface area contributed by atoms with Gasteiger partial charge in [-0.15, -0.1) is 5.10 Å². The number of carboxylic acid groups (broad SMARTS) is 1. The zero-order valence-corrected chi connectivity index (χ0v) is 9.08. The van der Waals surface area contributed by atoms with Crippen LogP contribution in [-0.4, -0.2) is 26.1 Å². The molecule has 17 heavy (non-hydrogen) atoms. The van der Waals surface area contributed by atoms with Crippen LogP contribution >= 0.6 is 0 Å². The quantitative estimate of drug-likeness (QED) is 0.799. The Morgan fingerprint density at radius 3 is 2.65 bits per heavy atom. The van der Waals surface area contributed by atoms with E-state index >= 15 is 0 Å². The number of benzene rings is 1. The molecule has 0 radical (unpaired) electrons. The van der Waals surface area contributed by atoms with Crippen molar-refractivity contribution < 1.29 is 9.90 Å².